The first-order valence-electron chi connectivity index (χ1n) is 11.3. The summed E-state index contributed by atoms with van der Waals surface area (Å²) in [5, 5.41) is 2.46. The summed E-state index contributed by atoms with van der Waals surface area (Å²) in [5.41, 5.74) is 0.368. The molecule has 1 aliphatic heterocycles. The molecule has 1 aromatic rings. The number of nitrogens with zero attached hydrogens (tertiary/aromatic N) is 1. The van der Waals surface area contributed by atoms with Gasteiger partial charge in [0.1, 0.15) is 12.3 Å². The van der Waals surface area contributed by atoms with Crippen molar-refractivity contribution in [3.63, 3.8) is 0 Å². The van der Waals surface area contributed by atoms with Gasteiger partial charge >= 0.3 is 5.97 Å². The summed E-state index contributed by atoms with van der Waals surface area (Å²) in [4.78, 5) is 38.4. The maximum atomic E-state index is 12.6. The Labute approximate surface area is 195 Å². The van der Waals surface area contributed by atoms with Crippen LogP contribution in [0, 0.1) is 5.92 Å². The standard InChI is InChI=1S/C23H34N2O7S/c1-4-5-11-31-20-8-6-18(7-9-20)23(28)24-13-22(27)32-15-21(26)25(14-17(2)3)19-10-12-33(29,30)16-19/h6-9,17,19H,4-5,10-16H2,1-3H3,(H,24,28). The minimum absolute atomic E-state index is 0.0528. The Morgan fingerprint density at radius 1 is 1.18 bits per heavy atom. The predicted molar refractivity (Wildman–Crippen MR) is 124 cm³/mol. The first-order valence-corrected chi connectivity index (χ1v) is 13.1. The fourth-order valence-corrected chi connectivity index (χ4v) is 5.17. The van der Waals surface area contributed by atoms with Crippen molar-refractivity contribution in [3.8, 4) is 5.75 Å². The Kier molecular flexibility index (Phi) is 10.1. The van der Waals surface area contributed by atoms with E-state index in [0.717, 1.165) is 12.8 Å². The molecule has 1 aromatic carbocycles. The lowest BCUT2D eigenvalue weighted by atomic mass is 10.1. The number of ether oxygens (including phenoxy) is 2. The first-order chi connectivity index (χ1) is 15.6. The number of amides is 2. The summed E-state index contributed by atoms with van der Waals surface area (Å²) in [6.45, 7) is 6.03. The number of rotatable bonds is 12. The Balaban J connectivity index is 1.80. The zero-order chi connectivity index (χ0) is 24.4. The molecule has 1 aliphatic rings. The lowest BCUT2D eigenvalue weighted by Gasteiger charge is -2.29. The Morgan fingerprint density at radius 3 is 2.45 bits per heavy atom. The molecule has 2 amide bonds. The molecule has 0 bridgehead atoms. The Hall–Kier alpha value is -2.62. The van der Waals surface area contributed by atoms with E-state index in [1.807, 2.05) is 13.8 Å². The summed E-state index contributed by atoms with van der Waals surface area (Å²) in [7, 11) is -3.15. The van der Waals surface area contributed by atoms with Gasteiger partial charge in [0, 0.05) is 18.2 Å². The molecule has 184 valence electrons. The highest BCUT2D eigenvalue weighted by atomic mass is 32.2. The minimum Gasteiger partial charge on any atom is -0.494 e. The average molecular weight is 483 g/mol. The van der Waals surface area contributed by atoms with Crippen molar-refractivity contribution in [2.45, 2.75) is 46.1 Å². The van der Waals surface area contributed by atoms with Crippen LogP contribution in [0.1, 0.15) is 50.4 Å². The molecule has 33 heavy (non-hydrogen) atoms. The molecule has 10 heteroatoms. The van der Waals surface area contributed by atoms with E-state index >= 15 is 0 Å². The third-order valence-electron chi connectivity index (χ3n) is 5.16. The molecular formula is C23H34N2O7S. The molecule has 9 nitrogen and oxygen atoms in total. The van der Waals surface area contributed by atoms with Gasteiger partial charge in [0.05, 0.1) is 18.1 Å². The summed E-state index contributed by atoms with van der Waals surface area (Å²) < 4.78 is 34.2. The van der Waals surface area contributed by atoms with E-state index in [0.29, 0.717) is 30.9 Å². The summed E-state index contributed by atoms with van der Waals surface area (Å²) >= 11 is 0. The van der Waals surface area contributed by atoms with Crippen LogP contribution >= 0.6 is 0 Å². The van der Waals surface area contributed by atoms with E-state index in [1.165, 1.54) is 4.90 Å². The molecule has 1 N–H and O–H groups in total. The normalized spacial score (nSPS) is 16.9. The van der Waals surface area contributed by atoms with E-state index < -0.39 is 40.3 Å². The first kappa shape index (κ1) is 26.6. The Bertz CT molecular complexity index is 913. The van der Waals surface area contributed by atoms with Gasteiger partial charge in [-0.2, -0.15) is 0 Å². The maximum Gasteiger partial charge on any atom is 0.325 e. The quantitative estimate of drug-likeness (QED) is 0.356. The van der Waals surface area contributed by atoms with Crippen LogP contribution in [0.2, 0.25) is 0 Å². The highest BCUT2D eigenvalue weighted by molar-refractivity contribution is 7.91. The lowest BCUT2D eigenvalue weighted by Crippen LogP contribution is -2.45. The lowest BCUT2D eigenvalue weighted by molar-refractivity contribution is -0.152. The van der Waals surface area contributed by atoms with Gasteiger partial charge in [0.15, 0.2) is 16.4 Å². The zero-order valence-corrected chi connectivity index (χ0v) is 20.4. The molecule has 1 saturated heterocycles. The third kappa shape index (κ3) is 9.03. The van der Waals surface area contributed by atoms with Gasteiger partial charge in [0.25, 0.3) is 11.8 Å². The van der Waals surface area contributed by atoms with Gasteiger partial charge in [-0.1, -0.05) is 27.2 Å². The molecule has 0 radical (unpaired) electrons. The summed E-state index contributed by atoms with van der Waals surface area (Å²) in [5.74, 6) is -0.857. The highest BCUT2D eigenvalue weighted by Gasteiger charge is 2.35. The van der Waals surface area contributed by atoms with Gasteiger partial charge < -0.3 is 19.7 Å². The van der Waals surface area contributed by atoms with E-state index in [-0.39, 0.29) is 24.0 Å². The van der Waals surface area contributed by atoms with Gasteiger partial charge in [-0.3, -0.25) is 14.4 Å². The average Bonchev–Trinajstić information content (AvgIpc) is 3.14. The smallest absolute Gasteiger partial charge is 0.325 e. The van der Waals surface area contributed by atoms with Crippen molar-refractivity contribution < 1.29 is 32.3 Å². The van der Waals surface area contributed by atoms with Crippen LogP contribution in [-0.4, -0.2) is 75.0 Å². The van der Waals surface area contributed by atoms with Crippen molar-refractivity contribution in [3.05, 3.63) is 29.8 Å². The van der Waals surface area contributed by atoms with Crippen LogP contribution < -0.4 is 10.1 Å². The zero-order valence-electron chi connectivity index (χ0n) is 19.5. The molecule has 1 unspecified atom stereocenters. The van der Waals surface area contributed by atoms with Crippen LogP contribution in [0.15, 0.2) is 24.3 Å². The van der Waals surface area contributed by atoms with E-state index in [1.54, 1.807) is 24.3 Å². The Morgan fingerprint density at radius 2 is 1.88 bits per heavy atom. The van der Waals surface area contributed by atoms with Crippen LogP contribution in [0.5, 0.6) is 5.75 Å². The van der Waals surface area contributed by atoms with E-state index in [2.05, 4.69) is 12.2 Å². The van der Waals surface area contributed by atoms with Crippen molar-refractivity contribution in [2.75, 3.05) is 37.8 Å². The second-order valence-electron chi connectivity index (χ2n) is 8.57. The summed E-state index contributed by atoms with van der Waals surface area (Å²) in [6.07, 6.45) is 2.36. The SMILES string of the molecule is CCCCOc1ccc(C(=O)NCC(=O)OCC(=O)N(CC(C)C)C2CCS(=O)(=O)C2)cc1. The number of sulfone groups is 1. The van der Waals surface area contributed by atoms with Gasteiger partial charge in [-0.05, 0) is 43.0 Å². The van der Waals surface area contributed by atoms with Gasteiger partial charge in [-0.25, -0.2) is 8.42 Å². The third-order valence-corrected chi connectivity index (χ3v) is 6.91. The number of carbonyl (C=O) groups excluding carboxylic acids is 3. The predicted octanol–water partition coefficient (Wildman–Crippen LogP) is 1.81. The van der Waals surface area contributed by atoms with Crippen LogP contribution in [0.3, 0.4) is 0 Å². The minimum atomic E-state index is -3.15. The van der Waals surface area contributed by atoms with Gasteiger partial charge in [0.2, 0.25) is 0 Å². The number of carbonyl (C=O) groups is 3. The second-order valence-corrected chi connectivity index (χ2v) is 10.8. The monoisotopic (exact) mass is 482 g/mol. The van der Waals surface area contributed by atoms with E-state index in [4.69, 9.17) is 9.47 Å². The molecule has 1 atom stereocenters. The van der Waals surface area contributed by atoms with Crippen LogP contribution in [-0.2, 0) is 24.2 Å². The van der Waals surface area contributed by atoms with Gasteiger partial charge in [-0.15, -0.1) is 0 Å². The molecule has 0 spiro atoms. The molecule has 1 fully saturated rings. The molecule has 1 heterocycles. The topological polar surface area (TPSA) is 119 Å². The maximum absolute atomic E-state index is 12.6. The van der Waals surface area contributed by atoms with Crippen molar-refractivity contribution in [1.29, 1.82) is 0 Å². The van der Waals surface area contributed by atoms with Crippen molar-refractivity contribution >= 4 is 27.6 Å². The molecule has 2 rings (SSSR count). The number of esters is 1. The number of benzene rings is 1. The summed E-state index contributed by atoms with van der Waals surface area (Å²) in [6, 6.07) is 6.18. The van der Waals surface area contributed by atoms with Crippen molar-refractivity contribution in [1.82, 2.24) is 10.2 Å². The fourth-order valence-electron chi connectivity index (χ4n) is 3.44. The van der Waals surface area contributed by atoms with Crippen molar-refractivity contribution in [2.24, 2.45) is 5.92 Å². The largest absolute Gasteiger partial charge is 0.494 e. The number of nitrogens with one attached hydrogen (secondary N) is 1. The second kappa shape index (κ2) is 12.6. The molecular weight excluding hydrogens is 448 g/mol. The molecule has 0 saturated carbocycles. The number of hydrogen-bond donors (Lipinski definition) is 1. The van der Waals surface area contributed by atoms with Crippen LogP contribution in [0.4, 0.5) is 0 Å². The molecule has 0 aliphatic carbocycles. The number of hydrogen-bond acceptors (Lipinski definition) is 7. The molecule has 0 aromatic heterocycles. The fraction of sp³-hybridized carbons (Fsp3) is 0.609. The number of unbranched alkanes of at least 4 members (excludes halogenated alkanes) is 1. The highest BCUT2D eigenvalue weighted by Crippen LogP contribution is 2.19. The van der Waals surface area contributed by atoms with Crippen LogP contribution in [0.25, 0.3) is 0 Å². The van der Waals surface area contributed by atoms with E-state index in [9.17, 15) is 22.8 Å².